The number of aromatic nitrogens is 2. The Morgan fingerprint density at radius 1 is 0.936 bits per heavy atom. The number of aliphatic hydroxyl groups is 1. The van der Waals surface area contributed by atoms with E-state index in [-0.39, 0.29) is 25.4 Å². The van der Waals surface area contributed by atoms with Gasteiger partial charge in [0.05, 0.1) is 18.8 Å². The minimum Gasteiger partial charge on any atom is -0.445 e. The lowest BCUT2D eigenvalue weighted by Gasteiger charge is -2.40. The monoisotopic (exact) mass is 635 g/mol. The Morgan fingerprint density at radius 2 is 1.66 bits per heavy atom. The third kappa shape index (κ3) is 8.41. The van der Waals surface area contributed by atoms with Crippen LogP contribution in [-0.2, 0) is 27.4 Å². The molecule has 2 fully saturated rings. The number of ether oxygens (including phenoxy) is 3. The van der Waals surface area contributed by atoms with E-state index < -0.39 is 12.4 Å². The highest BCUT2D eigenvalue weighted by Crippen LogP contribution is 2.39. The van der Waals surface area contributed by atoms with Gasteiger partial charge in [-0.1, -0.05) is 85.5 Å². The Morgan fingerprint density at radius 3 is 2.38 bits per heavy atom. The van der Waals surface area contributed by atoms with E-state index in [2.05, 4.69) is 55.9 Å². The highest BCUT2D eigenvalue weighted by atomic mass is 16.7. The fourth-order valence-electron chi connectivity index (χ4n) is 6.03. The van der Waals surface area contributed by atoms with Crippen molar-refractivity contribution in [2.75, 3.05) is 44.2 Å². The quantitative estimate of drug-likeness (QED) is 0.209. The lowest BCUT2D eigenvalue weighted by atomic mass is 9.97. The molecule has 2 aliphatic rings. The van der Waals surface area contributed by atoms with Crippen LogP contribution < -0.4 is 10.2 Å². The lowest BCUT2D eigenvalue weighted by Crippen LogP contribution is -2.50. The predicted octanol–water partition coefficient (Wildman–Crippen LogP) is 5.42. The number of carbonyl (C=O) groups is 1. The fourth-order valence-corrected chi connectivity index (χ4v) is 6.03. The molecule has 10 heteroatoms. The third-order valence-corrected chi connectivity index (χ3v) is 8.55. The maximum absolute atomic E-state index is 12.0. The summed E-state index contributed by atoms with van der Waals surface area (Å²) in [6.45, 7) is 8.39. The average molecular weight is 636 g/mol. The number of benzene rings is 3. The molecule has 2 aliphatic heterocycles. The number of piperazine rings is 1. The summed E-state index contributed by atoms with van der Waals surface area (Å²) in [5, 5.41) is 12.4. The number of carbonyl (C=O) groups excluding carboxylic acids is 1. The maximum Gasteiger partial charge on any atom is 0.407 e. The van der Waals surface area contributed by atoms with Crippen LogP contribution in [0.3, 0.4) is 0 Å². The Balaban J connectivity index is 1.15. The number of hydrogen-bond acceptors (Lipinski definition) is 9. The summed E-state index contributed by atoms with van der Waals surface area (Å²) in [7, 11) is 0. The van der Waals surface area contributed by atoms with Gasteiger partial charge in [-0.2, -0.15) is 0 Å². The average Bonchev–Trinajstić information content (AvgIpc) is 3.14. The van der Waals surface area contributed by atoms with Crippen LogP contribution in [0, 0.1) is 0 Å². The van der Waals surface area contributed by atoms with E-state index in [1.165, 1.54) is 6.08 Å². The summed E-state index contributed by atoms with van der Waals surface area (Å²) in [5.41, 5.74) is 5.89. The van der Waals surface area contributed by atoms with Crippen LogP contribution in [0.15, 0.2) is 104 Å². The van der Waals surface area contributed by atoms with Crippen LogP contribution >= 0.6 is 0 Å². The smallest absolute Gasteiger partial charge is 0.407 e. The molecule has 47 heavy (non-hydrogen) atoms. The summed E-state index contributed by atoms with van der Waals surface area (Å²) < 4.78 is 18.3. The maximum atomic E-state index is 12.0. The molecule has 244 valence electrons. The van der Waals surface area contributed by atoms with E-state index >= 15 is 0 Å². The molecule has 3 heterocycles. The van der Waals surface area contributed by atoms with Gasteiger partial charge < -0.3 is 29.5 Å². The number of anilines is 1. The van der Waals surface area contributed by atoms with Crippen LogP contribution in [-0.4, -0.2) is 71.5 Å². The number of amides is 1. The molecule has 3 atom stereocenters. The minimum atomic E-state index is -0.541. The largest absolute Gasteiger partial charge is 0.445 e. The molecule has 0 radical (unpaired) electrons. The van der Waals surface area contributed by atoms with Gasteiger partial charge in [0.15, 0.2) is 6.29 Å². The van der Waals surface area contributed by atoms with Gasteiger partial charge in [0.25, 0.3) is 0 Å². The molecule has 4 aromatic rings. The first-order chi connectivity index (χ1) is 23.1. The zero-order valence-electron chi connectivity index (χ0n) is 26.4. The first-order valence-corrected chi connectivity index (χ1v) is 16.0. The number of alkyl carbamates (subject to hydrolysis) is 1. The topological polar surface area (TPSA) is 109 Å². The van der Waals surface area contributed by atoms with E-state index in [9.17, 15) is 9.90 Å². The van der Waals surface area contributed by atoms with Crippen molar-refractivity contribution in [2.24, 2.45) is 0 Å². The molecule has 0 spiro atoms. The van der Waals surface area contributed by atoms with Crippen molar-refractivity contribution < 1.29 is 24.1 Å². The lowest BCUT2D eigenvalue weighted by molar-refractivity contribution is -0.253. The Labute approximate surface area is 275 Å². The predicted molar refractivity (Wildman–Crippen MR) is 179 cm³/mol. The molecule has 2 N–H and O–H groups in total. The van der Waals surface area contributed by atoms with Crippen molar-refractivity contribution in [1.29, 1.82) is 0 Å². The molecule has 6 rings (SSSR count). The van der Waals surface area contributed by atoms with E-state index in [0.29, 0.717) is 6.54 Å². The third-order valence-electron chi connectivity index (χ3n) is 8.55. The van der Waals surface area contributed by atoms with Crippen molar-refractivity contribution in [2.45, 2.75) is 38.1 Å². The molecular weight excluding hydrogens is 594 g/mol. The van der Waals surface area contributed by atoms with E-state index in [1.807, 2.05) is 54.6 Å². The summed E-state index contributed by atoms with van der Waals surface area (Å²) >= 11 is 0. The van der Waals surface area contributed by atoms with E-state index in [1.54, 1.807) is 12.4 Å². The van der Waals surface area contributed by atoms with Crippen molar-refractivity contribution in [1.82, 2.24) is 20.2 Å². The highest BCUT2D eigenvalue weighted by molar-refractivity contribution is 5.70. The zero-order chi connectivity index (χ0) is 32.4. The molecule has 1 amide bonds. The molecule has 2 saturated heterocycles. The number of aliphatic hydroxyl groups excluding tert-OH is 1. The fraction of sp³-hybridized carbons (Fsp3) is 0.324. The SMILES string of the molecule is C=CCOC(=O)NCc1ccccc1-c1ccc([C@H]2O[C@@H](CN3CCN(c4ncccn4)CC3)C[C@@H](c3ccc(CO)cc3)O2)cc1. The molecular formula is C37H41N5O5. The van der Waals surface area contributed by atoms with Gasteiger partial charge in [-0.3, -0.25) is 4.90 Å². The zero-order valence-corrected chi connectivity index (χ0v) is 26.4. The van der Waals surface area contributed by atoms with E-state index in [4.69, 9.17) is 14.2 Å². The van der Waals surface area contributed by atoms with Crippen molar-refractivity contribution >= 4 is 12.0 Å². The molecule has 10 nitrogen and oxygen atoms in total. The second kappa shape index (κ2) is 15.8. The van der Waals surface area contributed by atoms with Crippen LogP contribution in [0.4, 0.5) is 10.7 Å². The Kier molecular flexibility index (Phi) is 10.9. The molecule has 1 aromatic heterocycles. The first kappa shape index (κ1) is 32.3. The van der Waals surface area contributed by atoms with Gasteiger partial charge >= 0.3 is 6.09 Å². The normalized spacial score (nSPS) is 20.0. The van der Waals surface area contributed by atoms with Gasteiger partial charge in [0, 0.05) is 63.6 Å². The summed E-state index contributed by atoms with van der Waals surface area (Å²) in [6.07, 6.45) is 4.61. The summed E-state index contributed by atoms with van der Waals surface area (Å²) in [6, 6.07) is 26.0. The standard InChI is InChI=1S/C37H41N5O5/c1-2-22-45-37(44)40-24-31-6-3-4-7-33(31)28-12-14-30(15-13-28)35-46-32(23-34(47-35)29-10-8-27(26-43)9-11-29)25-41-18-20-42(21-19-41)36-38-16-5-17-39-36/h2-17,32,34-35,43H,1,18-26H2,(H,40,44)/t32-,34+,35+/m1/s1. The van der Waals surface area contributed by atoms with Gasteiger partial charge in [-0.25, -0.2) is 14.8 Å². The molecule has 0 aliphatic carbocycles. The van der Waals surface area contributed by atoms with Crippen LogP contribution in [0.25, 0.3) is 11.1 Å². The summed E-state index contributed by atoms with van der Waals surface area (Å²) in [5.74, 6) is 0.772. The first-order valence-electron chi connectivity index (χ1n) is 16.0. The molecule has 3 aromatic carbocycles. The second-order valence-electron chi connectivity index (χ2n) is 11.7. The minimum absolute atomic E-state index is 0.00506. The number of rotatable bonds is 11. The number of nitrogens with one attached hydrogen (secondary N) is 1. The Bertz CT molecular complexity index is 1590. The molecule has 0 saturated carbocycles. The second-order valence-corrected chi connectivity index (χ2v) is 11.7. The van der Waals surface area contributed by atoms with E-state index in [0.717, 1.165) is 78.5 Å². The van der Waals surface area contributed by atoms with Crippen molar-refractivity contribution in [3.05, 3.63) is 126 Å². The van der Waals surface area contributed by atoms with Gasteiger partial charge in [-0.15, -0.1) is 0 Å². The molecule has 0 bridgehead atoms. The van der Waals surface area contributed by atoms with Crippen LogP contribution in [0.2, 0.25) is 0 Å². The van der Waals surface area contributed by atoms with Gasteiger partial charge in [-0.05, 0) is 33.9 Å². The van der Waals surface area contributed by atoms with Crippen LogP contribution in [0.5, 0.6) is 0 Å². The number of nitrogens with zero attached hydrogens (tertiary/aromatic N) is 4. The van der Waals surface area contributed by atoms with Crippen molar-refractivity contribution in [3.63, 3.8) is 0 Å². The number of hydrogen-bond donors (Lipinski definition) is 2. The van der Waals surface area contributed by atoms with Crippen molar-refractivity contribution in [3.8, 4) is 11.1 Å². The van der Waals surface area contributed by atoms with Gasteiger partial charge in [0.1, 0.15) is 6.61 Å². The summed E-state index contributed by atoms with van der Waals surface area (Å²) in [4.78, 5) is 25.5. The highest BCUT2D eigenvalue weighted by Gasteiger charge is 2.34. The van der Waals surface area contributed by atoms with Crippen LogP contribution in [0.1, 0.15) is 41.1 Å². The molecule has 0 unspecified atom stereocenters. The van der Waals surface area contributed by atoms with Gasteiger partial charge in [0.2, 0.25) is 5.95 Å². The Hall–Kier alpha value is -4.61.